The number of benzene rings is 2. The lowest BCUT2D eigenvalue weighted by atomic mass is 9.57. The molecule has 0 radical (unpaired) electrons. The number of fused-ring (bicyclic) bond motifs is 15. The first-order chi connectivity index (χ1) is 29.4. The highest BCUT2D eigenvalue weighted by Gasteiger charge is 2.47. The normalized spacial score (nSPS) is 25.3. The lowest BCUT2D eigenvalue weighted by molar-refractivity contribution is -0.122. The largest absolute Gasteiger partial charge is 0.543 e. The monoisotopic (exact) mass is 891 g/mol. The van der Waals surface area contributed by atoms with Crippen molar-refractivity contribution >= 4 is 22.9 Å². The zero-order chi connectivity index (χ0) is 46.5. The molecule has 63 heavy (non-hydrogen) atoms. The Hall–Kier alpha value is -3.82. The van der Waals surface area contributed by atoms with Crippen LogP contribution in [0.15, 0.2) is 95.2 Å². The minimum Gasteiger partial charge on any atom is -0.543 e. The van der Waals surface area contributed by atoms with Crippen molar-refractivity contribution < 1.29 is 23.1 Å². The highest BCUT2D eigenvalue weighted by atomic mass is 28.4. The van der Waals surface area contributed by atoms with Crippen molar-refractivity contribution in [3.05, 3.63) is 117 Å². The fourth-order valence-corrected chi connectivity index (χ4v) is 11.2. The number of hydrogen-bond acceptors (Lipinski definition) is 5. The molecule has 344 valence electrons. The van der Waals surface area contributed by atoms with Crippen LogP contribution < -0.4 is 18.3 Å². The van der Waals surface area contributed by atoms with E-state index in [1.807, 2.05) is 0 Å². The van der Waals surface area contributed by atoms with E-state index in [2.05, 4.69) is 156 Å². The van der Waals surface area contributed by atoms with E-state index in [1.165, 1.54) is 28.6 Å². The van der Waals surface area contributed by atoms with Gasteiger partial charge in [0.15, 0.2) is 0 Å². The molecule has 0 saturated heterocycles. The van der Waals surface area contributed by atoms with E-state index >= 15 is 0 Å². The first-order valence-electron chi connectivity index (χ1n) is 23.7. The van der Waals surface area contributed by atoms with E-state index in [-0.39, 0.29) is 21.9 Å². The number of ether oxygens (including phenoxy) is 2. The van der Waals surface area contributed by atoms with Gasteiger partial charge in [0.25, 0.3) is 0 Å². The van der Waals surface area contributed by atoms with Crippen LogP contribution in [0.1, 0.15) is 130 Å². The van der Waals surface area contributed by atoms with Gasteiger partial charge in [-0.3, -0.25) is 0 Å². The summed E-state index contributed by atoms with van der Waals surface area (Å²) in [5.41, 5.74) is 10.4. The van der Waals surface area contributed by atoms with Gasteiger partial charge >= 0.3 is 0 Å². The van der Waals surface area contributed by atoms with Crippen molar-refractivity contribution in [3.8, 4) is 23.0 Å². The molecule has 5 aliphatic rings. The molecule has 0 amide bonds. The standard InChI is InChI=1S/C56H82O5Si2/c1-39-20-17-21-40(2)28-46-37-53(61-63(15,16)55(8,9)10)47(35-51(46)59-12)33-49-32-43-24-18-22-41(3)29-45-36-52(60-62(13,14)54(5,6)7)44(34-50(45)58-11)26-25-42(4)30-48(31-43)56(49,38-57)27-19-23-39/h19,21-23,25,31,34-38,48-49H,1,17-18,20,24,26-30,32-33H2,2-16H3/b23-19+,40-21-,41-22-,42-25+/t48-,49+,56-/m1/s1. The van der Waals surface area contributed by atoms with E-state index in [0.29, 0.717) is 12.8 Å². The van der Waals surface area contributed by atoms with Gasteiger partial charge < -0.3 is 23.1 Å². The maximum absolute atomic E-state index is 14.3. The maximum atomic E-state index is 14.3. The minimum atomic E-state index is -2.24. The molecular formula is C56H82O5Si2. The molecule has 2 aromatic carbocycles. The second kappa shape index (κ2) is 20.1. The molecule has 0 fully saturated rings. The van der Waals surface area contributed by atoms with Crippen LogP contribution in [0.3, 0.4) is 0 Å². The number of hydrogen-bond donors (Lipinski definition) is 0. The second-order valence-electron chi connectivity index (χ2n) is 22.3. The molecule has 0 aliphatic heterocycles. The zero-order valence-electron chi connectivity index (χ0n) is 42.0. The number of methoxy groups -OCH3 is 2. The number of allylic oxidation sites excluding steroid dienone is 11. The summed E-state index contributed by atoms with van der Waals surface area (Å²) >= 11 is 0. The van der Waals surface area contributed by atoms with E-state index in [0.717, 1.165) is 109 Å². The van der Waals surface area contributed by atoms with Crippen LogP contribution >= 0.6 is 0 Å². The van der Waals surface area contributed by atoms with Gasteiger partial charge in [-0.25, -0.2) is 0 Å². The van der Waals surface area contributed by atoms with Crippen LogP contribution in [0.5, 0.6) is 23.0 Å². The number of rotatable bonds is 7. The predicted molar refractivity (Wildman–Crippen MR) is 272 cm³/mol. The van der Waals surface area contributed by atoms with Crippen LogP contribution in [0, 0.1) is 17.3 Å². The first kappa shape index (κ1) is 50.2. The molecule has 5 aliphatic carbocycles. The Bertz CT molecular complexity index is 2150. The van der Waals surface area contributed by atoms with Gasteiger partial charge in [-0.05, 0) is 169 Å². The van der Waals surface area contributed by atoms with Crippen molar-refractivity contribution in [2.24, 2.45) is 17.3 Å². The third kappa shape index (κ3) is 12.1. The van der Waals surface area contributed by atoms with E-state index in [1.54, 1.807) is 14.2 Å². The highest BCUT2D eigenvalue weighted by molar-refractivity contribution is 6.75. The third-order valence-electron chi connectivity index (χ3n) is 15.2. The number of carbonyl (C=O) groups is 1. The molecule has 5 nitrogen and oxygen atoms in total. The minimum absolute atomic E-state index is 0.00570. The van der Waals surface area contributed by atoms with E-state index in [9.17, 15) is 4.79 Å². The van der Waals surface area contributed by atoms with Crippen LogP contribution in [0.2, 0.25) is 36.3 Å². The van der Waals surface area contributed by atoms with Gasteiger partial charge in [0.2, 0.25) is 16.6 Å². The van der Waals surface area contributed by atoms with E-state index < -0.39 is 22.0 Å². The van der Waals surface area contributed by atoms with Crippen LogP contribution in [0.4, 0.5) is 0 Å². The van der Waals surface area contributed by atoms with Crippen LogP contribution in [-0.2, 0) is 30.5 Å². The molecule has 0 unspecified atom stereocenters. The molecule has 6 bridgehead atoms. The van der Waals surface area contributed by atoms with Gasteiger partial charge in [-0.2, -0.15) is 0 Å². The Balaban J connectivity index is 1.69. The summed E-state index contributed by atoms with van der Waals surface area (Å²) < 4.78 is 26.7. The smallest absolute Gasteiger partial charge is 0.250 e. The van der Waals surface area contributed by atoms with Gasteiger partial charge in [-0.15, -0.1) is 0 Å². The Labute approximate surface area is 385 Å². The lowest BCUT2D eigenvalue weighted by Gasteiger charge is -2.46. The van der Waals surface area contributed by atoms with Crippen LogP contribution in [0.25, 0.3) is 0 Å². The van der Waals surface area contributed by atoms with Crippen molar-refractivity contribution in [2.75, 3.05) is 14.2 Å². The fourth-order valence-electron chi connectivity index (χ4n) is 9.12. The van der Waals surface area contributed by atoms with Crippen molar-refractivity contribution in [1.82, 2.24) is 0 Å². The van der Waals surface area contributed by atoms with Crippen LogP contribution in [-0.4, -0.2) is 37.1 Å². The Morgan fingerprint density at radius 3 is 1.70 bits per heavy atom. The molecule has 0 saturated carbocycles. The maximum Gasteiger partial charge on any atom is 0.250 e. The van der Waals surface area contributed by atoms with Gasteiger partial charge in [0.1, 0.15) is 29.3 Å². The summed E-state index contributed by atoms with van der Waals surface area (Å²) in [6, 6.07) is 8.98. The second-order valence-corrected chi connectivity index (χ2v) is 31.7. The summed E-state index contributed by atoms with van der Waals surface area (Å²) in [7, 11) is -0.827. The quantitative estimate of drug-likeness (QED) is 0.157. The summed E-state index contributed by atoms with van der Waals surface area (Å²) in [5, 5.41) is 0.0726. The highest BCUT2D eigenvalue weighted by Crippen LogP contribution is 2.52. The lowest BCUT2D eigenvalue weighted by Crippen LogP contribution is -2.45. The molecule has 2 aromatic rings. The SMILES string of the molecule is C=C1/C=C/C[C@]2(C=O)[C@@H](CC3=C[C@H]2C/C(C)=C/Cc2cc(OC)c(cc2O[Si](C)(C)C(C)(C)C)C/C(C)=C\CC3)Cc2cc(OC)c(cc2O[Si](C)(C)C(C)(C)C)C/C(C)=C\CC1. The Kier molecular flexibility index (Phi) is 16.0. The summed E-state index contributed by atoms with van der Waals surface area (Å²) in [6.45, 7) is 34.3. The van der Waals surface area contributed by atoms with Crippen molar-refractivity contribution in [2.45, 2.75) is 169 Å². The van der Waals surface area contributed by atoms with Crippen molar-refractivity contribution in [1.29, 1.82) is 0 Å². The van der Waals surface area contributed by atoms with Crippen molar-refractivity contribution in [3.63, 3.8) is 0 Å². The summed E-state index contributed by atoms with van der Waals surface area (Å²) in [5.74, 6) is 3.77. The molecular weight excluding hydrogens is 809 g/mol. The molecule has 0 aromatic heterocycles. The summed E-state index contributed by atoms with van der Waals surface area (Å²) in [6.07, 6.45) is 24.4. The Morgan fingerprint density at radius 2 is 1.17 bits per heavy atom. The topological polar surface area (TPSA) is 54.0 Å². The molecule has 0 N–H and O–H groups in total. The zero-order valence-corrected chi connectivity index (χ0v) is 44.0. The first-order valence-corrected chi connectivity index (χ1v) is 29.5. The van der Waals surface area contributed by atoms with Gasteiger partial charge in [0.05, 0.1) is 14.2 Å². The Morgan fingerprint density at radius 1 is 0.667 bits per heavy atom. The molecule has 7 rings (SSSR count). The molecule has 3 atom stereocenters. The average Bonchev–Trinajstić information content (AvgIpc) is 3.17. The number of aldehydes is 1. The predicted octanol–water partition coefficient (Wildman–Crippen LogP) is 15.4. The molecule has 0 heterocycles. The molecule has 7 heteroatoms. The number of carbonyl (C=O) groups excluding carboxylic acids is 1. The summed E-state index contributed by atoms with van der Waals surface area (Å²) in [4.78, 5) is 14.3. The van der Waals surface area contributed by atoms with E-state index in [4.69, 9.17) is 18.3 Å². The van der Waals surface area contributed by atoms with Gasteiger partial charge in [-0.1, -0.05) is 112 Å². The van der Waals surface area contributed by atoms with Gasteiger partial charge in [0, 0.05) is 22.1 Å². The fraction of sp³-hybridized carbons (Fsp3) is 0.554. The molecule has 0 spiro atoms. The average molecular weight is 891 g/mol. The third-order valence-corrected chi connectivity index (χ3v) is 23.9.